The van der Waals surface area contributed by atoms with Crippen LogP contribution in [0.25, 0.3) is 0 Å². The quantitative estimate of drug-likeness (QED) is 0.787. The molecule has 0 bridgehead atoms. The summed E-state index contributed by atoms with van der Waals surface area (Å²) < 4.78 is 12.9. The standard InChI is InChI=1S/C17H28N2O2S/c1-2-8-19(7-1)17(15-5-13-22-15)16(6-12-21-17,14-4-11-20-14)18-9-3-10-18/h14-15H,1-13H2. The van der Waals surface area contributed by atoms with Crippen LogP contribution in [0.3, 0.4) is 0 Å². The van der Waals surface area contributed by atoms with Crippen LogP contribution in [0.2, 0.25) is 0 Å². The Morgan fingerprint density at radius 3 is 2.14 bits per heavy atom. The molecule has 5 fully saturated rings. The molecule has 5 heterocycles. The molecule has 5 aliphatic rings. The van der Waals surface area contributed by atoms with Gasteiger partial charge < -0.3 is 9.47 Å². The Bertz CT molecular complexity index is 416. The van der Waals surface area contributed by atoms with Gasteiger partial charge in [0, 0.05) is 32.8 Å². The fourth-order valence-electron chi connectivity index (χ4n) is 5.51. The Labute approximate surface area is 137 Å². The third kappa shape index (κ3) is 1.70. The second-order valence-electron chi connectivity index (χ2n) is 7.55. The van der Waals surface area contributed by atoms with Gasteiger partial charge in [0.05, 0.1) is 23.5 Å². The van der Waals surface area contributed by atoms with Gasteiger partial charge in [-0.1, -0.05) is 0 Å². The first kappa shape index (κ1) is 14.5. The second-order valence-corrected chi connectivity index (χ2v) is 8.86. The van der Waals surface area contributed by atoms with Gasteiger partial charge in [0.25, 0.3) is 0 Å². The molecule has 0 saturated carbocycles. The predicted octanol–water partition coefficient (Wildman–Crippen LogP) is 1.94. The normalized spacial score (nSPS) is 49.6. The summed E-state index contributed by atoms with van der Waals surface area (Å²) >= 11 is 2.15. The molecule has 0 aromatic carbocycles. The highest BCUT2D eigenvalue weighted by atomic mass is 32.2. The van der Waals surface area contributed by atoms with Crippen LogP contribution in [0.5, 0.6) is 0 Å². The predicted molar refractivity (Wildman–Crippen MR) is 88.2 cm³/mol. The van der Waals surface area contributed by atoms with Crippen molar-refractivity contribution in [2.24, 2.45) is 0 Å². The van der Waals surface area contributed by atoms with Crippen molar-refractivity contribution in [3.05, 3.63) is 0 Å². The van der Waals surface area contributed by atoms with E-state index in [0.717, 1.165) is 13.2 Å². The van der Waals surface area contributed by atoms with Crippen LogP contribution < -0.4 is 0 Å². The average Bonchev–Trinajstić information content (AvgIpc) is 2.92. The minimum Gasteiger partial charge on any atom is -0.376 e. The second kappa shape index (κ2) is 5.35. The lowest BCUT2D eigenvalue weighted by molar-refractivity contribution is -0.254. The summed E-state index contributed by atoms with van der Waals surface area (Å²) in [6.07, 6.45) is 8.15. The topological polar surface area (TPSA) is 24.9 Å². The molecular weight excluding hydrogens is 296 g/mol. The number of ether oxygens (including phenoxy) is 2. The van der Waals surface area contributed by atoms with Gasteiger partial charge >= 0.3 is 0 Å². The third-order valence-corrected chi connectivity index (χ3v) is 8.22. The highest BCUT2D eigenvalue weighted by molar-refractivity contribution is 8.01. The molecule has 0 amide bonds. The van der Waals surface area contributed by atoms with Crippen LogP contribution in [0.4, 0.5) is 0 Å². The number of nitrogens with zero attached hydrogens (tertiary/aromatic N) is 2. The minimum atomic E-state index is -0.0715. The molecule has 0 spiro atoms. The Kier molecular flexibility index (Phi) is 3.53. The largest absolute Gasteiger partial charge is 0.376 e. The van der Waals surface area contributed by atoms with Crippen molar-refractivity contribution < 1.29 is 9.47 Å². The fourth-order valence-corrected chi connectivity index (χ4v) is 6.63. The van der Waals surface area contributed by atoms with E-state index in [1.54, 1.807) is 0 Å². The van der Waals surface area contributed by atoms with Crippen molar-refractivity contribution in [3.8, 4) is 0 Å². The molecule has 4 atom stereocenters. The maximum atomic E-state index is 6.74. The summed E-state index contributed by atoms with van der Waals surface area (Å²) in [5.41, 5.74) is 0.0594. The maximum absolute atomic E-state index is 6.74. The van der Waals surface area contributed by atoms with Crippen molar-refractivity contribution >= 4 is 11.8 Å². The van der Waals surface area contributed by atoms with E-state index < -0.39 is 0 Å². The molecule has 22 heavy (non-hydrogen) atoms. The molecule has 5 saturated heterocycles. The van der Waals surface area contributed by atoms with E-state index in [4.69, 9.17) is 9.47 Å². The molecule has 0 aliphatic carbocycles. The van der Waals surface area contributed by atoms with E-state index in [0.29, 0.717) is 11.4 Å². The summed E-state index contributed by atoms with van der Waals surface area (Å²) in [6, 6.07) is 0. The van der Waals surface area contributed by atoms with Crippen LogP contribution in [-0.4, -0.2) is 77.6 Å². The summed E-state index contributed by atoms with van der Waals surface area (Å²) in [5.74, 6) is 1.31. The maximum Gasteiger partial charge on any atom is 0.154 e. The number of rotatable bonds is 4. The lowest BCUT2D eigenvalue weighted by Crippen LogP contribution is -2.80. The smallest absolute Gasteiger partial charge is 0.154 e. The summed E-state index contributed by atoms with van der Waals surface area (Å²) in [4.78, 5) is 5.48. The van der Waals surface area contributed by atoms with E-state index >= 15 is 0 Å². The Hall–Kier alpha value is 0.190. The molecule has 5 rings (SSSR count). The van der Waals surface area contributed by atoms with Gasteiger partial charge in [0.1, 0.15) is 0 Å². The van der Waals surface area contributed by atoms with Crippen molar-refractivity contribution in [2.75, 3.05) is 45.1 Å². The number of thioether (sulfide) groups is 1. The van der Waals surface area contributed by atoms with E-state index in [9.17, 15) is 0 Å². The first-order valence-corrected chi connectivity index (χ1v) is 10.3. The highest BCUT2D eigenvalue weighted by Crippen LogP contribution is 2.57. The zero-order chi connectivity index (χ0) is 14.6. The molecule has 0 aromatic rings. The number of likely N-dealkylation sites (tertiary alicyclic amines) is 2. The van der Waals surface area contributed by atoms with Gasteiger partial charge in [-0.2, -0.15) is 11.8 Å². The van der Waals surface area contributed by atoms with Crippen molar-refractivity contribution in [1.82, 2.24) is 9.80 Å². The van der Waals surface area contributed by atoms with Gasteiger partial charge in [0.2, 0.25) is 0 Å². The van der Waals surface area contributed by atoms with Crippen molar-refractivity contribution in [3.63, 3.8) is 0 Å². The zero-order valence-electron chi connectivity index (χ0n) is 13.5. The zero-order valence-corrected chi connectivity index (χ0v) is 14.3. The van der Waals surface area contributed by atoms with Gasteiger partial charge in [0.15, 0.2) is 5.72 Å². The highest BCUT2D eigenvalue weighted by Gasteiger charge is 2.71. The van der Waals surface area contributed by atoms with Gasteiger partial charge in [-0.3, -0.25) is 9.80 Å². The molecule has 124 valence electrons. The summed E-state index contributed by atoms with van der Waals surface area (Å²) in [6.45, 7) is 6.81. The first-order valence-electron chi connectivity index (χ1n) is 9.25. The Morgan fingerprint density at radius 1 is 0.909 bits per heavy atom. The molecule has 0 aromatic heterocycles. The SMILES string of the molecule is C1CN(C2(C3CCO3)CCOC2(C2CCS2)N2CCCC2)C1. The van der Waals surface area contributed by atoms with E-state index in [1.165, 1.54) is 70.5 Å². The lowest BCUT2D eigenvalue weighted by atomic mass is 9.71. The number of hydrogen-bond donors (Lipinski definition) is 0. The Morgan fingerprint density at radius 2 is 1.64 bits per heavy atom. The lowest BCUT2D eigenvalue weighted by Gasteiger charge is -2.64. The van der Waals surface area contributed by atoms with Crippen molar-refractivity contribution in [1.29, 1.82) is 0 Å². The van der Waals surface area contributed by atoms with E-state index in [-0.39, 0.29) is 11.3 Å². The molecular formula is C17H28N2O2S. The van der Waals surface area contributed by atoms with Crippen LogP contribution in [0.1, 0.15) is 38.5 Å². The van der Waals surface area contributed by atoms with Gasteiger partial charge in [-0.05, 0) is 44.3 Å². The van der Waals surface area contributed by atoms with Gasteiger partial charge in [-0.25, -0.2) is 0 Å². The Balaban J connectivity index is 1.59. The van der Waals surface area contributed by atoms with Crippen LogP contribution in [-0.2, 0) is 9.47 Å². The van der Waals surface area contributed by atoms with E-state index in [2.05, 4.69) is 21.6 Å². The van der Waals surface area contributed by atoms with Crippen LogP contribution in [0.15, 0.2) is 0 Å². The molecule has 4 nitrogen and oxygen atoms in total. The van der Waals surface area contributed by atoms with Crippen molar-refractivity contribution in [2.45, 2.75) is 61.1 Å². The monoisotopic (exact) mass is 324 g/mol. The van der Waals surface area contributed by atoms with Crippen LogP contribution in [0, 0.1) is 0 Å². The van der Waals surface area contributed by atoms with Crippen LogP contribution >= 0.6 is 11.8 Å². The third-order valence-electron chi connectivity index (χ3n) is 6.79. The van der Waals surface area contributed by atoms with E-state index in [1.807, 2.05) is 0 Å². The first-order chi connectivity index (χ1) is 10.9. The van der Waals surface area contributed by atoms with Gasteiger partial charge in [-0.15, -0.1) is 0 Å². The average molecular weight is 324 g/mol. The molecule has 0 radical (unpaired) electrons. The molecule has 5 heteroatoms. The number of hydrogen-bond acceptors (Lipinski definition) is 5. The molecule has 5 aliphatic heterocycles. The molecule has 4 unspecified atom stereocenters. The summed E-state index contributed by atoms with van der Waals surface area (Å²) in [7, 11) is 0. The minimum absolute atomic E-state index is 0.0715. The fraction of sp³-hybridized carbons (Fsp3) is 1.00. The summed E-state index contributed by atoms with van der Waals surface area (Å²) in [5, 5.41) is 0.651. The molecule has 0 N–H and O–H groups in total.